The van der Waals surface area contributed by atoms with Crippen molar-refractivity contribution in [3.05, 3.63) is 59.3 Å². The molecule has 0 aliphatic carbocycles. The fourth-order valence-corrected chi connectivity index (χ4v) is 2.39. The van der Waals surface area contributed by atoms with E-state index in [9.17, 15) is 9.18 Å². The summed E-state index contributed by atoms with van der Waals surface area (Å²) in [5, 5.41) is 6.76. The zero-order valence-corrected chi connectivity index (χ0v) is 12.9. The smallest absolute Gasteiger partial charge is 0.267 e. The van der Waals surface area contributed by atoms with Gasteiger partial charge in [-0.2, -0.15) is 0 Å². The van der Waals surface area contributed by atoms with Gasteiger partial charge in [-0.25, -0.2) is 4.39 Å². The van der Waals surface area contributed by atoms with E-state index >= 15 is 0 Å². The van der Waals surface area contributed by atoms with Gasteiger partial charge in [-0.05, 0) is 43.7 Å². The normalized spacial score (nSPS) is 20.0. The van der Waals surface area contributed by atoms with E-state index in [1.807, 2.05) is 19.1 Å². The number of halogens is 1. The van der Waals surface area contributed by atoms with E-state index in [-0.39, 0.29) is 18.3 Å². The summed E-state index contributed by atoms with van der Waals surface area (Å²) in [6.45, 7) is 3.81. The minimum absolute atomic E-state index is 0.271. The molecule has 0 bridgehead atoms. The largest absolute Gasteiger partial charge is 0.465 e. The second kappa shape index (κ2) is 5.87. The highest BCUT2D eigenvalue weighted by Gasteiger charge is 2.42. The van der Waals surface area contributed by atoms with Crippen LogP contribution < -0.4 is 5.32 Å². The fourth-order valence-electron chi connectivity index (χ4n) is 2.39. The molecule has 0 saturated carbocycles. The van der Waals surface area contributed by atoms with Crippen LogP contribution in [-0.4, -0.2) is 17.2 Å². The van der Waals surface area contributed by atoms with Crippen molar-refractivity contribution in [3.8, 4) is 0 Å². The highest BCUT2D eigenvalue weighted by molar-refractivity contribution is 6.05. The Balaban J connectivity index is 1.62. The van der Waals surface area contributed by atoms with Crippen molar-refractivity contribution in [2.24, 2.45) is 5.16 Å². The molecule has 6 heteroatoms. The molecule has 3 rings (SSSR count). The first-order valence-electron chi connectivity index (χ1n) is 7.31. The third kappa shape index (κ3) is 3.26. The van der Waals surface area contributed by atoms with E-state index in [1.165, 1.54) is 12.1 Å². The first kappa shape index (κ1) is 15.3. The average molecular weight is 316 g/mol. The molecule has 23 heavy (non-hydrogen) atoms. The Morgan fingerprint density at radius 1 is 1.30 bits per heavy atom. The van der Waals surface area contributed by atoms with Crippen molar-refractivity contribution in [1.82, 2.24) is 5.32 Å². The van der Waals surface area contributed by atoms with Crippen LogP contribution in [0, 0.1) is 12.7 Å². The van der Waals surface area contributed by atoms with Crippen LogP contribution in [0.5, 0.6) is 0 Å². The third-order valence-electron chi connectivity index (χ3n) is 3.74. The predicted molar refractivity (Wildman–Crippen MR) is 82.3 cm³/mol. The second-order valence-corrected chi connectivity index (χ2v) is 5.74. The summed E-state index contributed by atoms with van der Waals surface area (Å²) in [7, 11) is 0. The number of rotatable bonds is 4. The second-order valence-electron chi connectivity index (χ2n) is 5.74. The van der Waals surface area contributed by atoms with Gasteiger partial charge in [0.2, 0.25) is 5.60 Å². The van der Waals surface area contributed by atoms with Crippen LogP contribution >= 0.6 is 0 Å². The maximum absolute atomic E-state index is 13.0. The minimum Gasteiger partial charge on any atom is -0.465 e. The first-order valence-corrected chi connectivity index (χ1v) is 7.31. The standard InChI is InChI=1S/C17H17FN2O3/c1-11-3-8-14(22-11)10-19-16(21)17(2)9-15(20-23-17)12-4-6-13(18)7-5-12/h3-8H,9-10H2,1-2H3,(H,19,21)/t17-/m1/s1. The van der Waals surface area contributed by atoms with Gasteiger partial charge in [0.15, 0.2) is 0 Å². The van der Waals surface area contributed by atoms with Crippen LogP contribution in [0.3, 0.4) is 0 Å². The lowest BCUT2D eigenvalue weighted by Crippen LogP contribution is -2.44. The molecule has 0 fully saturated rings. The Bertz CT molecular complexity index is 751. The van der Waals surface area contributed by atoms with Gasteiger partial charge in [-0.3, -0.25) is 4.79 Å². The van der Waals surface area contributed by atoms with E-state index in [1.54, 1.807) is 19.1 Å². The summed E-state index contributed by atoms with van der Waals surface area (Å²) in [4.78, 5) is 17.7. The third-order valence-corrected chi connectivity index (χ3v) is 3.74. The number of benzene rings is 1. The molecule has 1 aromatic heterocycles. The molecule has 1 aliphatic rings. The molecule has 2 aromatic rings. The van der Waals surface area contributed by atoms with Gasteiger partial charge in [-0.1, -0.05) is 17.3 Å². The minimum atomic E-state index is -1.08. The number of carbonyl (C=O) groups is 1. The molecule has 0 saturated heterocycles. The molecule has 0 unspecified atom stereocenters. The lowest BCUT2D eigenvalue weighted by Gasteiger charge is -2.20. The van der Waals surface area contributed by atoms with Crippen molar-refractivity contribution in [1.29, 1.82) is 0 Å². The molecule has 1 aliphatic heterocycles. The molecule has 1 N–H and O–H groups in total. The Hall–Kier alpha value is -2.63. The van der Waals surface area contributed by atoms with Gasteiger partial charge < -0.3 is 14.6 Å². The number of amides is 1. The van der Waals surface area contributed by atoms with Crippen LogP contribution in [-0.2, 0) is 16.2 Å². The van der Waals surface area contributed by atoms with Crippen molar-refractivity contribution in [3.63, 3.8) is 0 Å². The van der Waals surface area contributed by atoms with Crippen LogP contribution in [0.25, 0.3) is 0 Å². The number of nitrogens with zero attached hydrogens (tertiary/aromatic N) is 1. The van der Waals surface area contributed by atoms with Gasteiger partial charge >= 0.3 is 0 Å². The zero-order valence-electron chi connectivity index (χ0n) is 12.9. The number of nitrogens with one attached hydrogen (secondary N) is 1. The van der Waals surface area contributed by atoms with E-state index in [0.29, 0.717) is 17.9 Å². The summed E-state index contributed by atoms with van der Waals surface area (Å²) in [5.41, 5.74) is 0.284. The number of carbonyl (C=O) groups excluding carboxylic acids is 1. The number of hydrogen-bond acceptors (Lipinski definition) is 4. The molecule has 120 valence electrons. The molecule has 0 spiro atoms. The van der Waals surface area contributed by atoms with Gasteiger partial charge in [0.05, 0.1) is 12.3 Å². The zero-order chi connectivity index (χ0) is 16.4. The summed E-state index contributed by atoms with van der Waals surface area (Å²) in [5.74, 6) is 0.881. The molecule has 1 atom stereocenters. The summed E-state index contributed by atoms with van der Waals surface area (Å²) >= 11 is 0. The van der Waals surface area contributed by atoms with E-state index in [4.69, 9.17) is 9.25 Å². The van der Waals surface area contributed by atoms with Crippen LogP contribution in [0.2, 0.25) is 0 Å². The Morgan fingerprint density at radius 3 is 2.70 bits per heavy atom. The van der Waals surface area contributed by atoms with E-state index in [0.717, 1.165) is 11.3 Å². The maximum Gasteiger partial charge on any atom is 0.267 e. The molecular formula is C17H17FN2O3. The van der Waals surface area contributed by atoms with Crippen LogP contribution in [0.15, 0.2) is 46.0 Å². The topological polar surface area (TPSA) is 63.8 Å². The van der Waals surface area contributed by atoms with Crippen LogP contribution in [0.1, 0.15) is 30.4 Å². The quantitative estimate of drug-likeness (QED) is 0.943. The maximum atomic E-state index is 13.0. The number of hydrogen-bond donors (Lipinski definition) is 1. The van der Waals surface area contributed by atoms with Crippen LogP contribution in [0.4, 0.5) is 4.39 Å². The Labute approximate surface area is 133 Å². The molecular weight excluding hydrogens is 299 g/mol. The van der Waals surface area contributed by atoms with Crippen molar-refractivity contribution >= 4 is 11.6 Å². The van der Waals surface area contributed by atoms with E-state index in [2.05, 4.69) is 10.5 Å². The molecule has 1 amide bonds. The van der Waals surface area contributed by atoms with Gasteiger partial charge in [0.1, 0.15) is 17.3 Å². The molecule has 5 nitrogen and oxygen atoms in total. The Kier molecular flexibility index (Phi) is 3.90. The van der Waals surface area contributed by atoms with Gasteiger partial charge in [-0.15, -0.1) is 0 Å². The summed E-state index contributed by atoms with van der Waals surface area (Å²) in [6.07, 6.45) is 0.321. The monoisotopic (exact) mass is 316 g/mol. The first-order chi connectivity index (χ1) is 11.0. The van der Waals surface area contributed by atoms with Crippen molar-refractivity contribution in [2.75, 3.05) is 0 Å². The molecule has 2 heterocycles. The number of oxime groups is 1. The van der Waals surface area contributed by atoms with Gasteiger partial charge in [0.25, 0.3) is 5.91 Å². The Morgan fingerprint density at radius 2 is 2.04 bits per heavy atom. The summed E-state index contributed by atoms with van der Waals surface area (Å²) < 4.78 is 18.4. The predicted octanol–water partition coefficient (Wildman–Crippen LogP) is 2.93. The highest BCUT2D eigenvalue weighted by Crippen LogP contribution is 2.27. The number of furan rings is 1. The van der Waals surface area contributed by atoms with Crippen molar-refractivity contribution in [2.45, 2.75) is 32.4 Å². The van der Waals surface area contributed by atoms with E-state index < -0.39 is 5.60 Å². The summed E-state index contributed by atoms with van der Waals surface area (Å²) in [6, 6.07) is 9.60. The lowest BCUT2D eigenvalue weighted by molar-refractivity contribution is -0.142. The van der Waals surface area contributed by atoms with Gasteiger partial charge in [0, 0.05) is 6.42 Å². The highest BCUT2D eigenvalue weighted by atomic mass is 19.1. The lowest BCUT2D eigenvalue weighted by atomic mass is 9.95. The fraction of sp³-hybridized carbons (Fsp3) is 0.294. The SMILES string of the molecule is Cc1ccc(CNC(=O)[C@@]2(C)CC(c3ccc(F)cc3)=NO2)o1. The van der Waals surface area contributed by atoms with Crippen molar-refractivity contribution < 1.29 is 18.4 Å². The molecule has 1 aromatic carbocycles. The average Bonchev–Trinajstić information content (AvgIpc) is 3.13. The molecule has 0 radical (unpaired) electrons. The number of aryl methyl sites for hydroxylation is 1.